The molecule has 3 heteroatoms. The van der Waals surface area contributed by atoms with E-state index in [4.69, 9.17) is 5.73 Å². The van der Waals surface area contributed by atoms with E-state index in [1.807, 2.05) is 6.20 Å². The third-order valence-electron chi connectivity index (χ3n) is 3.31. The molecular formula is C11H15N3. The Morgan fingerprint density at radius 3 is 2.57 bits per heavy atom. The summed E-state index contributed by atoms with van der Waals surface area (Å²) in [7, 11) is 0. The molecule has 0 amide bonds. The molecule has 1 aromatic heterocycles. The average Bonchev–Trinajstić information content (AvgIpc) is 2.97. The molecule has 0 saturated heterocycles. The Bertz CT molecular complexity index is 369. The number of aromatic nitrogens is 2. The van der Waals surface area contributed by atoms with E-state index in [9.17, 15) is 0 Å². The molecule has 0 bridgehead atoms. The van der Waals surface area contributed by atoms with Gasteiger partial charge in [0.15, 0.2) is 0 Å². The smallest absolute Gasteiger partial charge is 0.0788 e. The summed E-state index contributed by atoms with van der Waals surface area (Å²) in [6.45, 7) is 0. The molecule has 14 heavy (non-hydrogen) atoms. The molecule has 1 aromatic rings. The Hall–Kier alpha value is -0.960. The Morgan fingerprint density at radius 1 is 1.14 bits per heavy atom. The largest absolute Gasteiger partial charge is 0.320 e. The van der Waals surface area contributed by atoms with Crippen LogP contribution in [-0.4, -0.2) is 9.97 Å². The van der Waals surface area contributed by atoms with Crippen LogP contribution in [0.15, 0.2) is 6.20 Å². The number of fused-ring (bicyclic) bond motifs is 1. The van der Waals surface area contributed by atoms with Gasteiger partial charge in [-0.25, -0.2) is 0 Å². The van der Waals surface area contributed by atoms with E-state index >= 15 is 0 Å². The van der Waals surface area contributed by atoms with Crippen molar-refractivity contribution in [1.82, 2.24) is 9.97 Å². The van der Waals surface area contributed by atoms with Crippen LogP contribution < -0.4 is 5.73 Å². The Morgan fingerprint density at radius 2 is 1.86 bits per heavy atom. The van der Waals surface area contributed by atoms with Crippen molar-refractivity contribution in [2.75, 3.05) is 0 Å². The number of aryl methyl sites for hydroxylation is 2. The van der Waals surface area contributed by atoms with Crippen molar-refractivity contribution in [3.8, 4) is 0 Å². The van der Waals surface area contributed by atoms with Crippen LogP contribution >= 0.6 is 0 Å². The van der Waals surface area contributed by atoms with Crippen molar-refractivity contribution in [3.63, 3.8) is 0 Å². The van der Waals surface area contributed by atoms with Crippen LogP contribution in [-0.2, 0) is 18.4 Å². The molecule has 3 rings (SSSR count). The summed E-state index contributed by atoms with van der Waals surface area (Å²) in [4.78, 5) is 9.14. The van der Waals surface area contributed by atoms with E-state index in [1.54, 1.807) is 0 Å². The van der Waals surface area contributed by atoms with Gasteiger partial charge in [-0.2, -0.15) is 0 Å². The first-order valence-electron chi connectivity index (χ1n) is 5.42. The monoisotopic (exact) mass is 189 g/mol. The maximum Gasteiger partial charge on any atom is 0.0788 e. The van der Waals surface area contributed by atoms with Crippen molar-refractivity contribution in [1.29, 1.82) is 0 Å². The van der Waals surface area contributed by atoms with E-state index in [0.717, 1.165) is 31.4 Å². The van der Waals surface area contributed by atoms with Gasteiger partial charge in [0.2, 0.25) is 0 Å². The quantitative estimate of drug-likeness (QED) is 0.724. The highest BCUT2D eigenvalue weighted by molar-refractivity contribution is 5.24. The first kappa shape index (κ1) is 8.36. The topological polar surface area (TPSA) is 51.8 Å². The molecule has 1 saturated carbocycles. The van der Waals surface area contributed by atoms with Gasteiger partial charge in [0.1, 0.15) is 0 Å². The maximum atomic E-state index is 6.10. The molecule has 0 aromatic carbocycles. The molecule has 2 aliphatic carbocycles. The van der Waals surface area contributed by atoms with Crippen molar-refractivity contribution < 1.29 is 0 Å². The third kappa shape index (κ3) is 1.23. The normalized spacial score (nSPS) is 22.9. The third-order valence-corrected chi connectivity index (χ3v) is 3.31. The van der Waals surface area contributed by atoms with Crippen LogP contribution in [0.4, 0.5) is 0 Å². The molecule has 2 aliphatic rings. The fraction of sp³-hybridized carbons (Fsp3) is 0.636. The molecule has 0 spiro atoms. The second-order valence-electron chi connectivity index (χ2n) is 4.51. The van der Waals surface area contributed by atoms with Crippen molar-refractivity contribution in [3.05, 3.63) is 23.3 Å². The molecule has 1 heterocycles. The first-order chi connectivity index (χ1) is 6.78. The van der Waals surface area contributed by atoms with Crippen LogP contribution in [0.25, 0.3) is 0 Å². The predicted octanol–water partition coefficient (Wildman–Crippen LogP) is 1.30. The zero-order chi connectivity index (χ0) is 9.60. The lowest BCUT2D eigenvalue weighted by Gasteiger charge is -2.16. The number of hydrogen-bond donors (Lipinski definition) is 1. The molecule has 1 fully saturated rings. The zero-order valence-corrected chi connectivity index (χ0v) is 8.29. The molecule has 74 valence electrons. The highest BCUT2D eigenvalue weighted by Gasteiger charge is 2.42. The van der Waals surface area contributed by atoms with Gasteiger partial charge in [-0.1, -0.05) is 0 Å². The van der Waals surface area contributed by atoms with E-state index in [-0.39, 0.29) is 5.54 Å². The van der Waals surface area contributed by atoms with E-state index in [1.165, 1.54) is 24.2 Å². The lowest BCUT2D eigenvalue weighted by Crippen LogP contribution is -2.22. The van der Waals surface area contributed by atoms with Crippen LogP contribution in [0.2, 0.25) is 0 Å². The summed E-state index contributed by atoms with van der Waals surface area (Å²) in [5, 5.41) is 0. The van der Waals surface area contributed by atoms with Crippen molar-refractivity contribution in [2.45, 2.75) is 44.1 Å². The van der Waals surface area contributed by atoms with E-state index in [0.29, 0.717) is 0 Å². The molecule has 0 radical (unpaired) electrons. The van der Waals surface area contributed by atoms with Gasteiger partial charge in [0, 0.05) is 0 Å². The minimum Gasteiger partial charge on any atom is -0.320 e. The highest BCUT2D eigenvalue weighted by atomic mass is 14.9. The summed E-state index contributed by atoms with van der Waals surface area (Å²) in [5.74, 6) is 0. The van der Waals surface area contributed by atoms with Gasteiger partial charge in [0.25, 0.3) is 0 Å². The summed E-state index contributed by atoms with van der Waals surface area (Å²) < 4.78 is 0. The average molecular weight is 189 g/mol. The van der Waals surface area contributed by atoms with E-state index in [2.05, 4.69) is 9.97 Å². The van der Waals surface area contributed by atoms with Gasteiger partial charge in [-0.15, -0.1) is 0 Å². The van der Waals surface area contributed by atoms with Crippen LogP contribution in [0.3, 0.4) is 0 Å². The first-order valence-corrected chi connectivity index (χ1v) is 5.42. The lowest BCUT2D eigenvalue weighted by atomic mass is 10.00. The molecule has 0 atom stereocenters. The van der Waals surface area contributed by atoms with Gasteiger partial charge >= 0.3 is 0 Å². The summed E-state index contributed by atoms with van der Waals surface area (Å²) in [5.41, 5.74) is 9.38. The van der Waals surface area contributed by atoms with Crippen LogP contribution in [0.5, 0.6) is 0 Å². The van der Waals surface area contributed by atoms with Gasteiger partial charge in [0.05, 0.1) is 28.8 Å². The highest BCUT2D eigenvalue weighted by Crippen LogP contribution is 2.41. The SMILES string of the molecule is NC1(c2cnc3c(n2)CCCC3)CC1. The van der Waals surface area contributed by atoms with Gasteiger partial charge in [-0.3, -0.25) is 9.97 Å². The number of nitrogens with zero attached hydrogens (tertiary/aromatic N) is 2. The zero-order valence-electron chi connectivity index (χ0n) is 8.29. The maximum absolute atomic E-state index is 6.10. The predicted molar refractivity (Wildman–Crippen MR) is 53.8 cm³/mol. The minimum absolute atomic E-state index is 0.126. The van der Waals surface area contributed by atoms with Gasteiger partial charge in [-0.05, 0) is 38.5 Å². The van der Waals surface area contributed by atoms with Crippen LogP contribution in [0, 0.1) is 0 Å². The van der Waals surface area contributed by atoms with E-state index < -0.39 is 0 Å². The molecule has 3 nitrogen and oxygen atoms in total. The van der Waals surface area contributed by atoms with Crippen LogP contribution in [0.1, 0.15) is 42.8 Å². The second kappa shape index (κ2) is 2.76. The molecule has 2 N–H and O–H groups in total. The van der Waals surface area contributed by atoms with Crippen molar-refractivity contribution in [2.24, 2.45) is 5.73 Å². The Kier molecular flexibility index (Phi) is 1.65. The summed E-state index contributed by atoms with van der Waals surface area (Å²) in [6, 6.07) is 0. The molecule has 0 aliphatic heterocycles. The Labute approximate surface area is 83.8 Å². The number of rotatable bonds is 1. The van der Waals surface area contributed by atoms with Gasteiger partial charge < -0.3 is 5.73 Å². The number of nitrogens with two attached hydrogens (primary N) is 1. The summed E-state index contributed by atoms with van der Waals surface area (Å²) >= 11 is 0. The molecule has 0 unspecified atom stereocenters. The minimum atomic E-state index is -0.126. The second-order valence-corrected chi connectivity index (χ2v) is 4.51. The summed E-state index contributed by atoms with van der Waals surface area (Å²) in [6.07, 6.45) is 8.72. The lowest BCUT2D eigenvalue weighted by molar-refractivity contribution is 0.621. The standard InChI is InChI=1S/C11H15N3/c12-11(5-6-11)10-7-13-8-3-1-2-4-9(8)14-10/h7H,1-6,12H2. The number of hydrogen-bond acceptors (Lipinski definition) is 3. The fourth-order valence-corrected chi connectivity index (χ4v) is 2.08. The molecular weight excluding hydrogens is 174 g/mol. The Balaban J connectivity index is 2.01. The van der Waals surface area contributed by atoms with Crippen molar-refractivity contribution >= 4 is 0 Å². The fourth-order valence-electron chi connectivity index (χ4n) is 2.08.